The highest BCUT2D eigenvalue weighted by Gasteiger charge is 1.96. The van der Waals surface area contributed by atoms with Gasteiger partial charge in [0.05, 0.1) is 5.69 Å². The van der Waals surface area contributed by atoms with Gasteiger partial charge < -0.3 is 0 Å². The van der Waals surface area contributed by atoms with E-state index in [1.54, 1.807) is 0 Å². The van der Waals surface area contributed by atoms with Crippen molar-refractivity contribution in [1.29, 1.82) is 0 Å². The van der Waals surface area contributed by atoms with Crippen LogP contribution in [0.5, 0.6) is 0 Å². The summed E-state index contributed by atoms with van der Waals surface area (Å²) in [5, 5.41) is 0. The zero-order chi connectivity index (χ0) is 11.4. The molecule has 1 heteroatoms. The summed E-state index contributed by atoms with van der Waals surface area (Å²) in [4.78, 5) is 4.59. The van der Waals surface area contributed by atoms with Gasteiger partial charge in [-0.1, -0.05) is 48.0 Å². The van der Waals surface area contributed by atoms with Crippen LogP contribution < -0.4 is 0 Å². The molecule has 0 saturated heterocycles. The maximum atomic E-state index is 4.59. The lowest BCUT2D eigenvalue weighted by Gasteiger charge is -2.01. The highest BCUT2D eigenvalue weighted by molar-refractivity contribution is 6.00. The van der Waals surface area contributed by atoms with Crippen molar-refractivity contribution in [2.45, 2.75) is 13.8 Å². The van der Waals surface area contributed by atoms with E-state index < -0.39 is 0 Å². The SMILES string of the molecule is Cc1ccc(N=C([13CH3])c2ccccc2)cc1. The summed E-state index contributed by atoms with van der Waals surface area (Å²) in [6.07, 6.45) is 0. The topological polar surface area (TPSA) is 12.4 Å². The molecule has 0 fully saturated rings. The van der Waals surface area contributed by atoms with Crippen molar-refractivity contribution >= 4 is 11.4 Å². The minimum atomic E-state index is 1.01. The van der Waals surface area contributed by atoms with E-state index in [2.05, 4.69) is 36.2 Å². The Morgan fingerprint density at radius 1 is 0.875 bits per heavy atom. The third-order valence-corrected chi connectivity index (χ3v) is 2.52. The molecule has 0 bridgehead atoms. The Bertz CT molecular complexity index is 481. The normalized spacial score (nSPS) is 11.5. The second kappa shape index (κ2) is 4.75. The molecule has 0 aliphatic rings. The van der Waals surface area contributed by atoms with Crippen LogP contribution in [-0.2, 0) is 0 Å². The van der Waals surface area contributed by atoms with Crippen LogP contribution in [0.3, 0.4) is 0 Å². The first kappa shape index (κ1) is 10.6. The molecule has 0 spiro atoms. The van der Waals surface area contributed by atoms with E-state index in [9.17, 15) is 0 Å². The van der Waals surface area contributed by atoms with Gasteiger partial charge >= 0.3 is 0 Å². The van der Waals surface area contributed by atoms with Gasteiger partial charge in [0.1, 0.15) is 0 Å². The van der Waals surface area contributed by atoms with Crippen molar-refractivity contribution < 1.29 is 0 Å². The lowest BCUT2D eigenvalue weighted by molar-refractivity contribution is 1.42. The van der Waals surface area contributed by atoms with Gasteiger partial charge in [-0.25, -0.2) is 0 Å². The van der Waals surface area contributed by atoms with Gasteiger partial charge in [0.25, 0.3) is 0 Å². The van der Waals surface area contributed by atoms with E-state index in [-0.39, 0.29) is 0 Å². The Kier molecular flexibility index (Phi) is 3.16. The molecule has 0 N–H and O–H groups in total. The summed E-state index contributed by atoms with van der Waals surface area (Å²) in [7, 11) is 0. The van der Waals surface area contributed by atoms with E-state index >= 15 is 0 Å². The molecule has 0 aliphatic carbocycles. The number of aliphatic imine (C=N–C) groups is 1. The van der Waals surface area contributed by atoms with Crippen molar-refractivity contribution in [2.75, 3.05) is 0 Å². The Morgan fingerprint density at radius 3 is 2.12 bits per heavy atom. The summed E-state index contributed by atoms with van der Waals surface area (Å²) >= 11 is 0. The highest BCUT2D eigenvalue weighted by atomic mass is 14.8. The minimum Gasteiger partial charge on any atom is -0.253 e. The van der Waals surface area contributed by atoms with Gasteiger partial charge in [-0.15, -0.1) is 0 Å². The fraction of sp³-hybridized carbons (Fsp3) is 0.133. The number of nitrogens with zero attached hydrogens (tertiary/aromatic N) is 1. The van der Waals surface area contributed by atoms with Crippen LogP contribution in [0.15, 0.2) is 59.6 Å². The quantitative estimate of drug-likeness (QED) is 0.522. The monoisotopic (exact) mass is 210 g/mol. The third-order valence-electron chi connectivity index (χ3n) is 2.52. The minimum absolute atomic E-state index is 1.01. The van der Waals surface area contributed by atoms with E-state index in [4.69, 9.17) is 0 Å². The molecule has 0 aromatic heterocycles. The predicted octanol–water partition coefficient (Wildman–Crippen LogP) is 4.14. The van der Waals surface area contributed by atoms with Crippen LogP contribution >= 0.6 is 0 Å². The smallest absolute Gasteiger partial charge is 0.0633 e. The molecular formula is C15H15N. The fourth-order valence-corrected chi connectivity index (χ4v) is 1.56. The molecule has 0 heterocycles. The van der Waals surface area contributed by atoms with E-state index in [1.807, 2.05) is 37.3 Å². The van der Waals surface area contributed by atoms with Crippen LogP contribution in [0.4, 0.5) is 5.69 Å². The standard InChI is InChI=1S/C15H15N/c1-12-8-10-15(11-9-12)16-13(2)14-6-4-3-5-7-14/h3-11H,1-2H3/i2+1. The predicted molar refractivity (Wildman–Crippen MR) is 69.5 cm³/mol. The first-order chi connectivity index (χ1) is 7.75. The van der Waals surface area contributed by atoms with Crippen molar-refractivity contribution in [3.05, 3.63) is 65.7 Å². The second-order valence-electron chi connectivity index (χ2n) is 3.90. The van der Waals surface area contributed by atoms with Gasteiger partial charge in [-0.3, -0.25) is 4.99 Å². The number of benzene rings is 2. The molecule has 80 valence electrons. The molecule has 1 nitrogen and oxygen atoms in total. The van der Waals surface area contributed by atoms with Crippen LogP contribution in [0.1, 0.15) is 18.1 Å². The molecule has 0 aliphatic heterocycles. The van der Waals surface area contributed by atoms with Crippen LogP contribution in [0.2, 0.25) is 0 Å². The summed E-state index contributed by atoms with van der Waals surface area (Å²) < 4.78 is 0. The number of aryl methyl sites for hydroxylation is 1. The van der Waals surface area contributed by atoms with Crippen molar-refractivity contribution in [2.24, 2.45) is 4.99 Å². The zero-order valence-electron chi connectivity index (χ0n) is 9.64. The van der Waals surface area contributed by atoms with E-state index in [0.717, 1.165) is 11.4 Å². The first-order valence-corrected chi connectivity index (χ1v) is 5.43. The Hall–Kier alpha value is -1.89. The summed E-state index contributed by atoms with van der Waals surface area (Å²) in [6, 6.07) is 18.5. The average Bonchev–Trinajstić information content (AvgIpc) is 2.33. The maximum absolute atomic E-state index is 4.59. The second-order valence-corrected chi connectivity index (χ2v) is 3.90. The molecule has 0 unspecified atom stereocenters. The molecule has 0 saturated carbocycles. The number of rotatable bonds is 2. The van der Waals surface area contributed by atoms with Gasteiger partial charge in [0.2, 0.25) is 0 Å². The molecule has 16 heavy (non-hydrogen) atoms. The van der Waals surface area contributed by atoms with Crippen LogP contribution in [-0.4, -0.2) is 5.71 Å². The Morgan fingerprint density at radius 2 is 1.50 bits per heavy atom. The maximum Gasteiger partial charge on any atom is 0.0633 e. The van der Waals surface area contributed by atoms with Gasteiger partial charge in [0, 0.05) is 5.71 Å². The fourth-order valence-electron chi connectivity index (χ4n) is 1.56. The van der Waals surface area contributed by atoms with Gasteiger partial charge in [0.15, 0.2) is 0 Å². The van der Waals surface area contributed by atoms with Gasteiger partial charge in [-0.05, 0) is 31.5 Å². The molecule has 0 amide bonds. The average molecular weight is 210 g/mol. The summed E-state index contributed by atoms with van der Waals surface area (Å²) in [5.74, 6) is 0. The summed E-state index contributed by atoms with van der Waals surface area (Å²) in [5.41, 5.74) is 4.48. The van der Waals surface area contributed by atoms with Crippen LogP contribution in [0, 0.1) is 6.92 Å². The van der Waals surface area contributed by atoms with Crippen molar-refractivity contribution in [3.63, 3.8) is 0 Å². The third kappa shape index (κ3) is 2.57. The molecule has 2 aromatic carbocycles. The lowest BCUT2D eigenvalue weighted by Crippen LogP contribution is -1.92. The molecule has 0 atom stereocenters. The largest absolute Gasteiger partial charge is 0.253 e. The van der Waals surface area contributed by atoms with Crippen molar-refractivity contribution in [1.82, 2.24) is 0 Å². The highest BCUT2D eigenvalue weighted by Crippen LogP contribution is 2.14. The first-order valence-electron chi connectivity index (χ1n) is 5.43. The number of hydrogen-bond acceptors (Lipinski definition) is 1. The summed E-state index contributed by atoms with van der Waals surface area (Å²) in [6.45, 7) is 4.12. The number of hydrogen-bond donors (Lipinski definition) is 0. The van der Waals surface area contributed by atoms with E-state index in [0.29, 0.717) is 0 Å². The van der Waals surface area contributed by atoms with Gasteiger partial charge in [-0.2, -0.15) is 0 Å². The Labute approximate surface area is 96.5 Å². The van der Waals surface area contributed by atoms with Crippen molar-refractivity contribution in [3.8, 4) is 0 Å². The molecule has 0 radical (unpaired) electrons. The van der Waals surface area contributed by atoms with Crippen LogP contribution in [0.25, 0.3) is 0 Å². The molecular weight excluding hydrogens is 195 g/mol. The molecule has 2 aromatic rings. The lowest BCUT2D eigenvalue weighted by atomic mass is 10.2. The molecule has 2 rings (SSSR count). The Balaban J connectivity index is 2.28. The zero-order valence-corrected chi connectivity index (χ0v) is 9.64. The van der Waals surface area contributed by atoms with E-state index in [1.165, 1.54) is 11.1 Å².